The molecule has 436 valence electrons. The number of ether oxygens (including phenoxy) is 2. The Morgan fingerprint density at radius 2 is 0.894 bits per heavy atom. The lowest BCUT2D eigenvalue weighted by molar-refractivity contribution is 0.00578. The van der Waals surface area contributed by atoms with E-state index in [2.05, 4.69) is 103 Å². The highest BCUT2D eigenvalue weighted by Crippen LogP contribution is 2.32. The van der Waals surface area contributed by atoms with E-state index in [4.69, 9.17) is 15.2 Å². The van der Waals surface area contributed by atoms with Crippen LogP contribution in [0, 0.1) is 27.7 Å². The van der Waals surface area contributed by atoms with Crippen LogP contribution in [0.2, 0.25) is 0 Å². The Kier molecular flexibility index (Phi) is 20.0. The molecule has 10 aromatic rings. The normalized spacial score (nSPS) is 11.3. The number of carboxylic acids is 1. The summed E-state index contributed by atoms with van der Waals surface area (Å²) in [7, 11) is 0. The fraction of sp³-hybridized carbons (Fsp3) is 0.222. The van der Waals surface area contributed by atoms with Crippen molar-refractivity contribution in [2.24, 2.45) is 5.73 Å². The zero-order valence-corrected chi connectivity index (χ0v) is 52.9. The van der Waals surface area contributed by atoms with Crippen molar-refractivity contribution in [3.63, 3.8) is 0 Å². The number of nitrogens with zero attached hydrogens (tertiary/aromatic N) is 2. The second-order valence-corrected chi connectivity index (χ2v) is 24.6. The molecule has 8 aromatic carbocycles. The highest BCUT2D eigenvalue weighted by molar-refractivity contribution is 9.10. The maximum absolute atomic E-state index is 13.0. The number of fused-ring (bicyclic) bond motifs is 2. The van der Waals surface area contributed by atoms with Crippen molar-refractivity contribution >= 4 is 77.5 Å². The Morgan fingerprint density at radius 3 is 1.29 bits per heavy atom. The molecule has 1 amide bonds. The topological polar surface area (TPSA) is 155 Å². The number of hydrogen-bond acceptors (Lipinski definition) is 7. The molecule has 4 N–H and O–H groups in total. The molecular formula is C72H72Br2N4O7. The van der Waals surface area contributed by atoms with Crippen LogP contribution in [0.1, 0.15) is 128 Å². The summed E-state index contributed by atoms with van der Waals surface area (Å²) < 4.78 is 17.8. The van der Waals surface area contributed by atoms with Gasteiger partial charge in [-0.1, -0.05) is 153 Å². The largest absolute Gasteiger partial charge is 0.478 e. The molecule has 2 aromatic heterocycles. The monoisotopic (exact) mass is 1260 g/mol. The number of esters is 2. The predicted octanol–water partition coefficient (Wildman–Crippen LogP) is 17.2. The molecule has 10 rings (SSSR count). The summed E-state index contributed by atoms with van der Waals surface area (Å²) >= 11 is 6.92. The number of hydrogen-bond donors (Lipinski definition) is 3. The molecule has 11 nitrogen and oxygen atoms in total. The van der Waals surface area contributed by atoms with Gasteiger partial charge in [-0.15, -0.1) is 0 Å². The Balaban J connectivity index is 0.000000196. The van der Waals surface area contributed by atoms with E-state index < -0.39 is 17.2 Å². The average molecular weight is 1270 g/mol. The second kappa shape index (κ2) is 27.1. The van der Waals surface area contributed by atoms with Crippen molar-refractivity contribution < 1.29 is 33.8 Å². The first-order valence-corrected chi connectivity index (χ1v) is 29.7. The number of amides is 1. The van der Waals surface area contributed by atoms with Crippen LogP contribution in [0.25, 0.3) is 44.1 Å². The molecule has 0 aliphatic rings. The van der Waals surface area contributed by atoms with Crippen LogP contribution in [-0.4, -0.2) is 49.3 Å². The lowest BCUT2D eigenvalue weighted by atomic mass is 9.98. The van der Waals surface area contributed by atoms with E-state index in [1.807, 2.05) is 176 Å². The van der Waals surface area contributed by atoms with Gasteiger partial charge in [-0.25, -0.2) is 14.4 Å². The molecule has 0 bridgehead atoms. The lowest BCUT2D eigenvalue weighted by Gasteiger charge is -2.20. The number of aromatic nitrogens is 2. The third-order valence-corrected chi connectivity index (χ3v) is 16.2. The third kappa shape index (κ3) is 15.5. The van der Waals surface area contributed by atoms with E-state index in [1.54, 1.807) is 18.2 Å². The number of nitrogens with two attached hydrogens (primary N) is 1. The molecule has 85 heavy (non-hydrogen) atoms. The van der Waals surface area contributed by atoms with Crippen molar-refractivity contribution in [3.8, 4) is 22.3 Å². The van der Waals surface area contributed by atoms with Gasteiger partial charge in [-0.2, -0.15) is 0 Å². The van der Waals surface area contributed by atoms with Gasteiger partial charge in [0.1, 0.15) is 11.2 Å². The smallest absolute Gasteiger partial charge is 0.339 e. The molecule has 0 aliphatic carbocycles. The number of nitrogens with one attached hydrogen (secondary N) is 1. The number of aromatic carboxylic acids is 1. The van der Waals surface area contributed by atoms with Gasteiger partial charge in [0.2, 0.25) is 0 Å². The first-order valence-electron chi connectivity index (χ1n) is 28.1. The Morgan fingerprint density at radius 1 is 0.506 bits per heavy atom. The van der Waals surface area contributed by atoms with E-state index in [0.29, 0.717) is 48.4 Å². The maximum Gasteiger partial charge on any atom is 0.339 e. The zero-order valence-electron chi connectivity index (χ0n) is 49.8. The molecule has 0 aliphatic heterocycles. The minimum Gasteiger partial charge on any atom is -0.478 e. The van der Waals surface area contributed by atoms with Crippen LogP contribution in [0.15, 0.2) is 191 Å². The molecule has 0 radical (unpaired) electrons. The summed E-state index contributed by atoms with van der Waals surface area (Å²) in [6.07, 6.45) is 0. The van der Waals surface area contributed by atoms with Crippen molar-refractivity contribution in [1.82, 2.24) is 14.5 Å². The molecule has 0 atom stereocenters. The Hall–Kier alpha value is -8.36. The third-order valence-electron chi connectivity index (χ3n) is 14.7. The van der Waals surface area contributed by atoms with Gasteiger partial charge in [0.05, 0.1) is 16.7 Å². The summed E-state index contributed by atoms with van der Waals surface area (Å²) in [5, 5.41) is 14.4. The summed E-state index contributed by atoms with van der Waals surface area (Å²) in [4.78, 5) is 50.0. The fourth-order valence-electron chi connectivity index (χ4n) is 10.0. The van der Waals surface area contributed by atoms with Crippen LogP contribution < -0.4 is 11.1 Å². The summed E-state index contributed by atoms with van der Waals surface area (Å²) in [6.45, 7) is 21.9. The molecular weight excluding hydrogens is 1190 g/mol. The van der Waals surface area contributed by atoms with Gasteiger partial charge in [-0.3, -0.25) is 4.79 Å². The van der Waals surface area contributed by atoms with Crippen LogP contribution in [0.5, 0.6) is 0 Å². The fourth-order valence-corrected chi connectivity index (χ4v) is 10.9. The Labute approximate surface area is 515 Å². The number of aryl methyl sites for hydroxylation is 2. The molecule has 0 unspecified atom stereocenters. The van der Waals surface area contributed by atoms with E-state index in [9.17, 15) is 24.3 Å². The molecule has 0 saturated heterocycles. The van der Waals surface area contributed by atoms with Gasteiger partial charge in [0.15, 0.2) is 0 Å². The van der Waals surface area contributed by atoms with Gasteiger partial charge in [-0.05, 0) is 186 Å². The maximum atomic E-state index is 13.0. The van der Waals surface area contributed by atoms with E-state index in [-0.39, 0.29) is 17.8 Å². The number of rotatable bonds is 13. The number of benzene rings is 8. The minimum atomic E-state index is -0.922. The van der Waals surface area contributed by atoms with E-state index in [1.165, 1.54) is 0 Å². The highest BCUT2D eigenvalue weighted by atomic mass is 79.9. The highest BCUT2D eigenvalue weighted by Gasteiger charge is 2.23. The number of halogens is 2. The van der Waals surface area contributed by atoms with Crippen LogP contribution in [0.4, 0.5) is 0 Å². The second-order valence-electron chi connectivity index (χ2n) is 22.9. The quantitative estimate of drug-likeness (QED) is 0.0964. The summed E-state index contributed by atoms with van der Waals surface area (Å²) in [5.41, 5.74) is 21.0. The SMILES string of the molecule is Cc1c(C)n(Cc2ccc(-c3ccccc3C(=O)OC(C)(C)C)cc2)c2ccc(C(=O)NCc3ccccc3Br)cc12.Cc1c(C)n(Cc2ccc(-c3ccccc3C(=O)OC(C)(C)C)cc2)c2ccc(C(=O)O)cc12.NCc1ccccc1Br. The first-order chi connectivity index (χ1) is 40.4. The van der Waals surface area contributed by atoms with E-state index >= 15 is 0 Å². The number of carbonyl (C=O) groups is 4. The Bertz CT molecular complexity index is 4070. The predicted molar refractivity (Wildman–Crippen MR) is 349 cm³/mol. The zero-order chi connectivity index (χ0) is 61.3. The van der Waals surface area contributed by atoms with Crippen molar-refractivity contribution in [2.45, 2.75) is 107 Å². The lowest BCUT2D eigenvalue weighted by Crippen LogP contribution is -2.24. The van der Waals surface area contributed by atoms with Crippen LogP contribution in [0.3, 0.4) is 0 Å². The molecule has 0 fully saturated rings. The van der Waals surface area contributed by atoms with Crippen molar-refractivity contribution in [2.75, 3.05) is 0 Å². The van der Waals surface area contributed by atoms with Crippen LogP contribution in [-0.2, 0) is 35.7 Å². The van der Waals surface area contributed by atoms with Crippen LogP contribution >= 0.6 is 31.9 Å². The van der Waals surface area contributed by atoms with Gasteiger partial charge in [0.25, 0.3) is 5.91 Å². The van der Waals surface area contributed by atoms with Crippen molar-refractivity contribution in [1.29, 1.82) is 0 Å². The average Bonchev–Trinajstić information content (AvgIpc) is 2.05. The van der Waals surface area contributed by atoms with Gasteiger partial charge >= 0.3 is 17.9 Å². The van der Waals surface area contributed by atoms with Crippen molar-refractivity contribution in [3.05, 3.63) is 258 Å². The summed E-state index contributed by atoms with van der Waals surface area (Å²) in [6, 6.07) is 58.5. The minimum absolute atomic E-state index is 0.0975. The van der Waals surface area contributed by atoms with E-state index in [0.717, 1.165) is 97.8 Å². The number of carboxylic acid groups (broad SMARTS) is 1. The molecule has 13 heteroatoms. The molecule has 2 heterocycles. The molecule has 0 saturated carbocycles. The number of carbonyl (C=O) groups excluding carboxylic acids is 3. The standard InChI is InChI=1S/C36H35BrN2O3.C29H29NO4.C7H8BrN/c1-23-24(2)39(33-19-18-27(20-31(23)33)34(40)38-21-28-10-6-9-13-32(28)37)22-25-14-16-26(17-15-25)29-11-7-8-12-30(29)35(41)42-36(3,4)5;1-18-19(2)30(26-15-14-22(27(31)32)16-25(18)26)17-20-10-12-21(13-11-20)23-8-6-7-9-24(23)28(33)34-29(3,4)5;8-7-4-2-1-3-6(7)5-9/h6-20H,21-22H2,1-5H3,(H,38,40);6-16H,17H2,1-5H3,(H,31,32);1-4H,5,9H2. The van der Waals surface area contributed by atoms with Gasteiger partial charge < -0.3 is 34.8 Å². The first kappa shape index (κ1) is 62.7. The molecule has 0 spiro atoms. The van der Waals surface area contributed by atoms with Gasteiger partial charge in [0, 0.05) is 73.9 Å². The summed E-state index contributed by atoms with van der Waals surface area (Å²) in [5.74, 6) is -1.68.